The molecule has 136 valence electrons. The highest BCUT2D eigenvalue weighted by molar-refractivity contribution is 6.08. The molecule has 1 aromatic carbocycles. The van der Waals surface area contributed by atoms with Crippen LogP contribution in [-0.2, 0) is 16.0 Å². The van der Waals surface area contributed by atoms with Crippen LogP contribution in [-0.4, -0.2) is 41.4 Å². The molecule has 1 aromatic rings. The van der Waals surface area contributed by atoms with Crippen molar-refractivity contribution in [1.29, 1.82) is 0 Å². The Hall–Kier alpha value is -2.37. The summed E-state index contributed by atoms with van der Waals surface area (Å²) in [6.07, 6.45) is 1.26. The predicted molar refractivity (Wildman–Crippen MR) is 96.0 cm³/mol. The van der Waals surface area contributed by atoms with Crippen molar-refractivity contribution in [3.05, 3.63) is 35.4 Å². The lowest BCUT2D eigenvalue weighted by Gasteiger charge is -2.23. The van der Waals surface area contributed by atoms with Gasteiger partial charge in [-0.05, 0) is 43.7 Å². The molecule has 1 aliphatic rings. The monoisotopic (exact) mass is 345 g/mol. The molecule has 6 heteroatoms. The fourth-order valence-electron chi connectivity index (χ4n) is 3.27. The molecule has 2 N–H and O–H groups in total. The van der Waals surface area contributed by atoms with Crippen LogP contribution in [0.5, 0.6) is 0 Å². The van der Waals surface area contributed by atoms with Gasteiger partial charge in [0.15, 0.2) is 0 Å². The summed E-state index contributed by atoms with van der Waals surface area (Å²) in [4.78, 5) is 37.7. The molecular formula is C19H27N3O3. The molecule has 1 saturated heterocycles. The van der Waals surface area contributed by atoms with Crippen molar-refractivity contribution in [3.63, 3.8) is 0 Å². The number of urea groups is 1. The molecule has 0 aliphatic carbocycles. The van der Waals surface area contributed by atoms with Crippen LogP contribution in [0.3, 0.4) is 0 Å². The first-order valence-electron chi connectivity index (χ1n) is 8.68. The van der Waals surface area contributed by atoms with Gasteiger partial charge in [0, 0.05) is 6.54 Å². The number of hydrogen-bond donors (Lipinski definition) is 2. The summed E-state index contributed by atoms with van der Waals surface area (Å²) in [5.41, 5.74) is 1.42. The van der Waals surface area contributed by atoms with Crippen molar-refractivity contribution >= 4 is 17.8 Å². The van der Waals surface area contributed by atoms with Crippen LogP contribution < -0.4 is 10.6 Å². The molecular weight excluding hydrogens is 318 g/mol. The van der Waals surface area contributed by atoms with Crippen molar-refractivity contribution in [1.82, 2.24) is 15.5 Å². The van der Waals surface area contributed by atoms with Crippen LogP contribution in [0.1, 0.15) is 38.3 Å². The number of amides is 4. The first-order chi connectivity index (χ1) is 11.7. The summed E-state index contributed by atoms with van der Waals surface area (Å²) in [7, 11) is 0. The number of nitrogens with one attached hydrogen (secondary N) is 2. The Morgan fingerprint density at radius 2 is 1.96 bits per heavy atom. The van der Waals surface area contributed by atoms with Crippen molar-refractivity contribution < 1.29 is 14.4 Å². The van der Waals surface area contributed by atoms with Gasteiger partial charge in [0.05, 0.1) is 0 Å². The minimum absolute atomic E-state index is 0.244. The second-order valence-corrected chi connectivity index (χ2v) is 7.28. The largest absolute Gasteiger partial charge is 0.354 e. The van der Waals surface area contributed by atoms with Crippen molar-refractivity contribution in [2.75, 3.05) is 13.1 Å². The van der Waals surface area contributed by atoms with Gasteiger partial charge >= 0.3 is 6.03 Å². The Labute approximate surface area is 149 Å². The van der Waals surface area contributed by atoms with Crippen molar-refractivity contribution in [3.8, 4) is 0 Å². The van der Waals surface area contributed by atoms with Gasteiger partial charge in [0.2, 0.25) is 5.91 Å². The van der Waals surface area contributed by atoms with Crippen molar-refractivity contribution in [2.45, 2.75) is 46.1 Å². The summed E-state index contributed by atoms with van der Waals surface area (Å²) >= 11 is 0. The second kappa shape index (κ2) is 7.68. The van der Waals surface area contributed by atoms with Gasteiger partial charge in [0.1, 0.15) is 12.1 Å². The smallest absolute Gasteiger partial charge is 0.325 e. The van der Waals surface area contributed by atoms with E-state index in [0.29, 0.717) is 19.4 Å². The number of carbonyl (C=O) groups is 3. The molecule has 1 aliphatic heterocycles. The minimum Gasteiger partial charge on any atom is -0.354 e. The number of aryl methyl sites for hydroxylation is 1. The maximum Gasteiger partial charge on any atom is 0.325 e. The third-order valence-electron chi connectivity index (χ3n) is 4.44. The van der Waals surface area contributed by atoms with E-state index in [-0.39, 0.29) is 24.3 Å². The summed E-state index contributed by atoms with van der Waals surface area (Å²) < 4.78 is 0. The zero-order valence-corrected chi connectivity index (χ0v) is 15.4. The second-order valence-electron chi connectivity index (χ2n) is 7.28. The first-order valence-corrected chi connectivity index (χ1v) is 8.68. The third-order valence-corrected chi connectivity index (χ3v) is 4.44. The van der Waals surface area contributed by atoms with Crippen LogP contribution in [0, 0.1) is 12.8 Å². The van der Waals surface area contributed by atoms with E-state index in [4.69, 9.17) is 0 Å². The molecule has 1 atom stereocenters. The fourth-order valence-corrected chi connectivity index (χ4v) is 3.27. The van der Waals surface area contributed by atoms with Crippen LogP contribution >= 0.6 is 0 Å². The summed E-state index contributed by atoms with van der Waals surface area (Å²) in [5, 5.41) is 5.50. The zero-order valence-electron chi connectivity index (χ0n) is 15.4. The highest BCUT2D eigenvalue weighted by Crippen LogP contribution is 2.24. The average molecular weight is 345 g/mol. The van der Waals surface area contributed by atoms with Gasteiger partial charge in [-0.3, -0.25) is 14.5 Å². The Kier molecular flexibility index (Phi) is 5.82. The Morgan fingerprint density at radius 3 is 2.60 bits per heavy atom. The number of rotatable bonds is 7. The van der Waals surface area contributed by atoms with Crippen LogP contribution in [0.15, 0.2) is 24.3 Å². The van der Waals surface area contributed by atoms with E-state index < -0.39 is 11.6 Å². The molecule has 0 bridgehead atoms. The summed E-state index contributed by atoms with van der Waals surface area (Å²) in [6.45, 7) is 7.95. The number of hydrogen-bond acceptors (Lipinski definition) is 3. The third kappa shape index (κ3) is 4.59. The molecule has 0 radical (unpaired) electrons. The van der Waals surface area contributed by atoms with Crippen LogP contribution in [0.2, 0.25) is 0 Å². The van der Waals surface area contributed by atoms with Gasteiger partial charge < -0.3 is 10.6 Å². The predicted octanol–water partition coefficient (Wildman–Crippen LogP) is 2.01. The minimum atomic E-state index is -0.924. The molecule has 0 aromatic heterocycles. The normalized spacial score (nSPS) is 20.1. The fraction of sp³-hybridized carbons (Fsp3) is 0.526. The van der Waals surface area contributed by atoms with E-state index >= 15 is 0 Å². The maximum atomic E-state index is 12.5. The topological polar surface area (TPSA) is 78.5 Å². The molecule has 1 fully saturated rings. The van der Waals surface area contributed by atoms with Crippen molar-refractivity contribution in [2.24, 2.45) is 5.92 Å². The summed E-state index contributed by atoms with van der Waals surface area (Å²) in [6, 6.07) is 7.49. The molecule has 25 heavy (non-hydrogen) atoms. The Bertz CT molecular complexity index is 672. The van der Waals surface area contributed by atoms with Gasteiger partial charge in [-0.1, -0.05) is 38.1 Å². The first kappa shape index (κ1) is 19.0. The molecule has 0 spiro atoms. The quantitative estimate of drug-likeness (QED) is 0.742. The highest BCUT2D eigenvalue weighted by atomic mass is 16.2. The van der Waals surface area contributed by atoms with Crippen LogP contribution in [0.4, 0.5) is 4.79 Å². The van der Waals surface area contributed by atoms with E-state index in [0.717, 1.165) is 4.90 Å². The van der Waals surface area contributed by atoms with Gasteiger partial charge in [-0.2, -0.15) is 0 Å². The number of benzene rings is 1. The average Bonchev–Trinajstić information content (AvgIpc) is 2.71. The van der Waals surface area contributed by atoms with E-state index in [9.17, 15) is 14.4 Å². The molecule has 6 nitrogen and oxygen atoms in total. The Balaban J connectivity index is 1.87. The van der Waals surface area contributed by atoms with E-state index in [1.165, 1.54) is 11.1 Å². The SMILES string of the molecule is Cc1ccccc1CCNC(=O)CN1C(=O)NC(C)(CC(C)C)C1=O. The molecule has 4 amide bonds. The molecule has 2 rings (SSSR count). The van der Waals surface area contributed by atoms with Gasteiger partial charge in [0.25, 0.3) is 5.91 Å². The summed E-state index contributed by atoms with van der Waals surface area (Å²) in [5.74, 6) is -0.400. The molecule has 1 heterocycles. The lowest BCUT2D eigenvalue weighted by molar-refractivity contribution is -0.135. The lowest BCUT2D eigenvalue weighted by Crippen LogP contribution is -2.46. The van der Waals surface area contributed by atoms with E-state index in [2.05, 4.69) is 10.6 Å². The molecule has 1 unspecified atom stereocenters. The van der Waals surface area contributed by atoms with Crippen LogP contribution in [0.25, 0.3) is 0 Å². The number of nitrogens with zero attached hydrogens (tertiary/aromatic N) is 1. The van der Waals surface area contributed by atoms with E-state index in [1.807, 2.05) is 45.0 Å². The highest BCUT2D eigenvalue weighted by Gasteiger charge is 2.48. The Morgan fingerprint density at radius 1 is 1.28 bits per heavy atom. The molecule has 0 saturated carbocycles. The maximum absolute atomic E-state index is 12.5. The van der Waals surface area contributed by atoms with E-state index in [1.54, 1.807) is 6.92 Å². The van der Waals surface area contributed by atoms with Gasteiger partial charge in [-0.15, -0.1) is 0 Å². The zero-order chi connectivity index (χ0) is 18.6. The number of carbonyl (C=O) groups excluding carboxylic acids is 3. The standard InChI is InChI=1S/C19H27N3O3/c1-13(2)11-19(4)17(24)22(18(25)21-19)12-16(23)20-10-9-15-8-6-5-7-14(15)3/h5-8,13H,9-12H2,1-4H3,(H,20,23)(H,21,25). The lowest BCUT2D eigenvalue weighted by atomic mass is 9.91. The van der Waals surface area contributed by atoms with Gasteiger partial charge in [-0.25, -0.2) is 4.79 Å². The number of imide groups is 1.